The zero-order valence-electron chi connectivity index (χ0n) is 8.13. The topological polar surface area (TPSA) is 50.2 Å². The van der Waals surface area contributed by atoms with Gasteiger partial charge >= 0.3 is 5.97 Å². The van der Waals surface area contributed by atoms with Crippen LogP contribution in [-0.2, 0) is 4.79 Å². The molecule has 1 aromatic carbocycles. The highest BCUT2D eigenvalue weighted by Gasteiger charge is 2.26. The maximum atomic E-state index is 11.3. The molecule has 0 amide bonds. The van der Waals surface area contributed by atoms with E-state index in [0.717, 1.165) is 0 Å². The molecule has 0 bridgehead atoms. The number of halogens is 1. The highest BCUT2D eigenvalue weighted by atomic mass is 35.5. The highest BCUT2D eigenvalue weighted by molar-refractivity contribution is 7.09. The van der Waals surface area contributed by atoms with Crippen LogP contribution in [0.5, 0.6) is 0 Å². The minimum absolute atomic E-state index is 0.449. The molecular weight excluding hydrogens is 246 g/mol. The third-order valence-corrected chi connectivity index (χ3v) is 3.35. The molecule has 0 spiro atoms. The van der Waals surface area contributed by atoms with E-state index in [0.29, 0.717) is 15.6 Å². The summed E-state index contributed by atoms with van der Waals surface area (Å²) in [5.74, 6) is -1.73. The van der Waals surface area contributed by atoms with Crippen LogP contribution in [0.2, 0.25) is 5.02 Å². The van der Waals surface area contributed by atoms with Crippen LogP contribution >= 0.6 is 22.9 Å². The molecule has 1 N–H and O–H groups in total. The fourth-order valence-corrected chi connectivity index (χ4v) is 2.45. The Bertz CT molecular complexity index is 498. The summed E-state index contributed by atoms with van der Waals surface area (Å²) < 4.78 is 0. The number of aromatic nitrogens is 1. The van der Waals surface area contributed by atoms with Gasteiger partial charge in [-0.05, 0) is 11.6 Å². The van der Waals surface area contributed by atoms with Crippen molar-refractivity contribution in [3.63, 3.8) is 0 Å². The second-order valence-electron chi connectivity index (χ2n) is 3.16. The molecule has 1 atom stereocenters. The molecule has 0 aliphatic heterocycles. The Morgan fingerprint density at radius 3 is 2.75 bits per heavy atom. The second kappa shape index (κ2) is 4.63. The molecule has 16 heavy (non-hydrogen) atoms. The van der Waals surface area contributed by atoms with Crippen LogP contribution in [-0.4, -0.2) is 16.1 Å². The molecule has 2 rings (SSSR count). The number of nitrogens with zero attached hydrogens (tertiary/aromatic N) is 1. The van der Waals surface area contributed by atoms with Crippen LogP contribution < -0.4 is 0 Å². The van der Waals surface area contributed by atoms with E-state index in [1.165, 1.54) is 11.3 Å². The van der Waals surface area contributed by atoms with Crippen molar-refractivity contribution in [2.24, 2.45) is 0 Å². The van der Waals surface area contributed by atoms with E-state index >= 15 is 0 Å². The van der Waals surface area contributed by atoms with Gasteiger partial charge in [0.15, 0.2) is 0 Å². The molecule has 0 saturated carbocycles. The van der Waals surface area contributed by atoms with Gasteiger partial charge in [0.2, 0.25) is 0 Å². The van der Waals surface area contributed by atoms with Crippen molar-refractivity contribution in [3.8, 4) is 0 Å². The zero-order chi connectivity index (χ0) is 11.5. The first kappa shape index (κ1) is 11.1. The van der Waals surface area contributed by atoms with Crippen LogP contribution in [0.15, 0.2) is 35.8 Å². The first-order chi connectivity index (χ1) is 7.70. The van der Waals surface area contributed by atoms with Crippen LogP contribution in [0.4, 0.5) is 0 Å². The number of benzene rings is 1. The average molecular weight is 254 g/mol. The van der Waals surface area contributed by atoms with Gasteiger partial charge in [-0.25, -0.2) is 4.98 Å². The lowest BCUT2D eigenvalue weighted by molar-refractivity contribution is -0.137. The predicted molar refractivity (Wildman–Crippen MR) is 63.0 cm³/mol. The third kappa shape index (κ3) is 2.08. The van der Waals surface area contributed by atoms with Crippen LogP contribution in [0.1, 0.15) is 16.5 Å². The van der Waals surface area contributed by atoms with E-state index in [4.69, 9.17) is 11.6 Å². The quantitative estimate of drug-likeness (QED) is 0.915. The van der Waals surface area contributed by atoms with Crippen molar-refractivity contribution in [2.45, 2.75) is 5.92 Å². The van der Waals surface area contributed by atoms with Gasteiger partial charge in [-0.15, -0.1) is 11.3 Å². The molecule has 1 unspecified atom stereocenters. The van der Waals surface area contributed by atoms with Crippen LogP contribution in [0.25, 0.3) is 0 Å². The fourth-order valence-electron chi connectivity index (χ4n) is 1.46. The Hall–Kier alpha value is -1.39. The first-order valence-corrected chi connectivity index (χ1v) is 5.82. The summed E-state index contributed by atoms with van der Waals surface area (Å²) in [6.45, 7) is 0. The number of hydrogen-bond donors (Lipinski definition) is 1. The van der Waals surface area contributed by atoms with E-state index in [2.05, 4.69) is 4.98 Å². The molecule has 0 aliphatic rings. The summed E-state index contributed by atoms with van der Waals surface area (Å²) in [4.78, 5) is 15.3. The van der Waals surface area contributed by atoms with E-state index in [9.17, 15) is 9.90 Å². The average Bonchev–Trinajstić information content (AvgIpc) is 2.74. The number of carbonyl (C=O) groups is 1. The maximum absolute atomic E-state index is 11.3. The van der Waals surface area contributed by atoms with Gasteiger partial charge in [0.05, 0.1) is 0 Å². The summed E-state index contributed by atoms with van der Waals surface area (Å²) >= 11 is 7.31. The summed E-state index contributed by atoms with van der Waals surface area (Å²) in [6.07, 6.45) is 1.59. The van der Waals surface area contributed by atoms with E-state index in [-0.39, 0.29) is 0 Å². The molecule has 3 nitrogen and oxygen atoms in total. The van der Waals surface area contributed by atoms with Crippen molar-refractivity contribution in [2.75, 3.05) is 0 Å². The summed E-state index contributed by atoms with van der Waals surface area (Å²) in [7, 11) is 0. The molecule has 1 aromatic heterocycles. The summed E-state index contributed by atoms with van der Waals surface area (Å²) in [5.41, 5.74) is 0.576. The lowest BCUT2D eigenvalue weighted by Gasteiger charge is -2.11. The number of rotatable bonds is 3. The van der Waals surface area contributed by atoms with Gasteiger partial charge in [-0.3, -0.25) is 4.79 Å². The van der Waals surface area contributed by atoms with Gasteiger partial charge in [-0.1, -0.05) is 29.8 Å². The Morgan fingerprint density at radius 1 is 1.44 bits per heavy atom. The molecule has 0 saturated heterocycles. The van der Waals surface area contributed by atoms with Gasteiger partial charge in [-0.2, -0.15) is 0 Å². The van der Waals surface area contributed by atoms with Gasteiger partial charge in [0.25, 0.3) is 0 Å². The molecular formula is C11H8ClNO2S. The Labute approximate surface area is 101 Å². The number of hydrogen-bond acceptors (Lipinski definition) is 3. The zero-order valence-corrected chi connectivity index (χ0v) is 9.70. The second-order valence-corrected chi connectivity index (χ2v) is 4.50. The SMILES string of the molecule is O=C(O)C(c1nccs1)c1ccccc1Cl. The summed E-state index contributed by atoms with van der Waals surface area (Å²) in [6, 6.07) is 6.93. The number of aliphatic carboxylic acids is 1. The summed E-state index contributed by atoms with van der Waals surface area (Å²) in [5, 5.41) is 12.0. The molecule has 0 aliphatic carbocycles. The van der Waals surface area contributed by atoms with Crippen molar-refractivity contribution in [1.82, 2.24) is 4.98 Å². The number of carboxylic acid groups (broad SMARTS) is 1. The van der Waals surface area contributed by atoms with Crippen molar-refractivity contribution in [1.29, 1.82) is 0 Å². The third-order valence-electron chi connectivity index (χ3n) is 2.16. The lowest BCUT2D eigenvalue weighted by Crippen LogP contribution is -2.13. The molecule has 0 fully saturated rings. The number of thiazole rings is 1. The fraction of sp³-hybridized carbons (Fsp3) is 0.0909. The standard InChI is InChI=1S/C11H8ClNO2S/c12-8-4-2-1-3-7(8)9(11(14)15)10-13-5-6-16-10/h1-6,9H,(H,14,15). The molecule has 2 aromatic rings. The van der Waals surface area contributed by atoms with Crippen molar-refractivity contribution in [3.05, 3.63) is 51.4 Å². The molecule has 5 heteroatoms. The molecule has 0 radical (unpaired) electrons. The number of carboxylic acids is 1. The largest absolute Gasteiger partial charge is 0.480 e. The van der Waals surface area contributed by atoms with Crippen LogP contribution in [0.3, 0.4) is 0 Å². The lowest BCUT2D eigenvalue weighted by atomic mass is 10.00. The van der Waals surface area contributed by atoms with Crippen molar-refractivity contribution >= 4 is 28.9 Å². The molecule has 82 valence electrons. The Morgan fingerprint density at radius 2 is 2.19 bits per heavy atom. The van der Waals surface area contributed by atoms with Crippen LogP contribution in [0, 0.1) is 0 Å². The smallest absolute Gasteiger partial charge is 0.318 e. The van der Waals surface area contributed by atoms with Gasteiger partial charge in [0, 0.05) is 16.6 Å². The minimum Gasteiger partial charge on any atom is -0.480 e. The van der Waals surface area contributed by atoms with E-state index in [1.807, 2.05) is 0 Å². The molecule has 1 heterocycles. The monoisotopic (exact) mass is 253 g/mol. The minimum atomic E-state index is -0.942. The maximum Gasteiger partial charge on any atom is 0.318 e. The van der Waals surface area contributed by atoms with E-state index in [1.54, 1.807) is 35.8 Å². The van der Waals surface area contributed by atoms with Crippen molar-refractivity contribution < 1.29 is 9.90 Å². The normalized spacial score (nSPS) is 12.3. The van der Waals surface area contributed by atoms with Gasteiger partial charge < -0.3 is 5.11 Å². The highest BCUT2D eigenvalue weighted by Crippen LogP contribution is 2.31. The van der Waals surface area contributed by atoms with Gasteiger partial charge in [0.1, 0.15) is 10.9 Å². The predicted octanol–water partition coefficient (Wildman–Crippen LogP) is 3.01. The Balaban J connectivity index is 2.50. The van der Waals surface area contributed by atoms with E-state index < -0.39 is 11.9 Å². The first-order valence-electron chi connectivity index (χ1n) is 4.57. The Kier molecular flexibility index (Phi) is 3.22.